The Hall–Kier alpha value is -1.01. The van der Waals surface area contributed by atoms with Gasteiger partial charge in [-0.1, -0.05) is 25.1 Å². The number of likely N-dealkylation sites (tertiary alicyclic amines) is 1. The molecule has 0 spiro atoms. The van der Waals surface area contributed by atoms with Gasteiger partial charge in [0.05, 0.1) is 0 Å². The molecule has 1 fully saturated rings. The van der Waals surface area contributed by atoms with Gasteiger partial charge in [0, 0.05) is 24.9 Å². The maximum atomic E-state index is 5.86. The molecule has 20 heavy (non-hydrogen) atoms. The summed E-state index contributed by atoms with van der Waals surface area (Å²) in [4.78, 5) is 11.2. The van der Waals surface area contributed by atoms with Crippen LogP contribution in [0.3, 0.4) is 0 Å². The topological polar surface area (TPSA) is 67.1 Å². The number of hydrogen-bond donors (Lipinski definition) is 2. The standard InChI is InChI=1S/C14H25N5S/c1-3-4-7-20-14-17-12(15)8-13(18-14)16-9-11-5-6-19(2)10-11/h8,11H,3-7,9-10H2,1-2H3,(H3,15,16,17,18)/t11-/m1/s1. The number of unbranched alkanes of at least 4 members (excludes halogenated alkanes) is 1. The molecule has 0 bridgehead atoms. The van der Waals surface area contributed by atoms with Crippen LogP contribution in [-0.4, -0.2) is 47.3 Å². The summed E-state index contributed by atoms with van der Waals surface area (Å²) in [5, 5.41) is 4.19. The molecule has 1 aromatic heterocycles. The molecule has 0 saturated carbocycles. The molecule has 1 atom stereocenters. The summed E-state index contributed by atoms with van der Waals surface area (Å²) in [5.74, 6) is 3.15. The zero-order valence-electron chi connectivity index (χ0n) is 12.4. The van der Waals surface area contributed by atoms with Crippen LogP contribution in [0, 0.1) is 5.92 Å². The van der Waals surface area contributed by atoms with Crippen molar-refractivity contribution in [2.24, 2.45) is 5.92 Å². The zero-order valence-corrected chi connectivity index (χ0v) is 13.2. The molecule has 1 aromatic rings. The largest absolute Gasteiger partial charge is 0.383 e. The first kappa shape index (κ1) is 15.4. The fourth-order valence-electron chi connectivity index (χ4n) is 2.35. The number of nitrogens with one attached hydrogen (secondary N) is 1. The average molecular weight is 295 g/mol. The van der Waals surface area contributed by atoms with E-state index >= 15 is 0 Å². The van der Waals surface area contributed by atoms with Crippen molar-refractivity contribution in [3.63, 3.8) is 0 Å². The van der Waals surface area contributed by atoms with Crippen molar-refractivity contribution in [2.75, 3.05) is 43.5 Å². The van der Waals surface area contributed by atoms with Gasteiger partial charge in [-0.25, -0.2) is 9.97 Å². The van der Waals surface area contributed by atoms with Gasteiger partial charge in [0.25, 0.3) is 0 Å². The molecule has 0 unspecified atom stereocenters. The molecule has 112 valence electrons. The molecule has 2 heterocycles. The van der Waals surface area contributed by atoms with Crippen LogP contribution < -0.4 is 11.1 Å². The molecular weight excluding hydrogens is 270 g/mol. The van der Waals surface area contributed by atoms with E-state index in [1.54, 1.807) is 11.8 Å². The fraction of sp³-hybridized carbons (Fsp3) is 0.714. The number of nitrogen functional groups attached to an aromatic ring is 1. The van der Waals surface area contributed by atoms with Gasteiger partial charge in [-0.05, 0) is 32.4 Å². The van der Waals surface area contributed by atoms with Crippen LogP contribution >= 0.6 is 11.8 Å². The number of rotatable bonds is 7. The van der Waals surface area contributed by atoms with Gasteiger partial charge in [-0.2, -0.15) is 0 Å². The highest BCUT2D eigenvalue weighted by atomic mass is 32.2. The first-order valence-electron chi connectivity index (χ1n) is 7.37. The molecule has 2 rings (SSSR count). The van der Waals surface area contributed by atoms with E-state index in [0.29, 0.717) is 11.7 Å². The molecule has 1 saturated heterocycles. The predicted octanol–water partition coefficient (Wildman–Crippen LogP) is 2.31. The normalized spacial score (nSPS) is 19.4. The third-order valence-corrected chi connectivity index (χ3v) is 4.45. The Balaban J connectivity index is 1.86. The Morgan fingerprint density at radius 2 is 2.35 bits per heavy atom. The molecule has 0 aliphatic carbocycles. The van der Waals surface area contributed by atoms with E-state index in [1.807, 2.05) is 6.07 Å². The summed E-state index contributed by atoms with van der Waals surface area (Å²) < 4.78 is 0. The van der Waals surface area contributed by atoms with Crippen molar-refractivity contribution < 1.29 is 0 Å². The van der Waals surface area contributed by atoms with Gasteiger partial charge < -0.3 is 16.0 Å². The summed E-state index contributed by atoms with van der Waals surface area (Å²) in [6.07, 6.45) is 3.62. The summed E-state index contributed by atoms with van der Waals surface area (Å²) >= 11 is 1.68. The van der Waals surface area contributed by atoms with Crippen molar-refractivity contribution in [1.29, 1.82) is 0 Å². The Morgan fingerprint density at radius 1 is 1.50 bits per heavy atom. The summed E-state index contributed by atoms with van der Waals surface area (Å²) in [5.41, 5.74) is 5.86. The quantitative estimate of drug-likeness (QED) is 0.457. The molecule has 1 aliphatic rings. The van der Waals surface area contributed by atoms with E-state index < -0.39 is 0 Å². The second-order valence-electron chi connectivity index (χ2n) is 5.46. The van der Waals surface area contributed by atoms with Crippen molar-refractivity contribution in [2.45, 2.75) is 31.3 Å². The highest BCUT2D eigenvalue weighted by Crippen LogP contribution is 2.20. The van der Waals surface area contributed by atoms with Crippen molar-refractivity contribution in [3.8, 4) is 0 Å². The van der Waals surface area contributed by atoms with E-state index in [4.69, 9.17) is 5.73 Å². The van der Waals surface area contributed by atoms with Crippen LogP contribution in [0.2, 0.25) is 0 Å². The minimum Gasteiger partial charge on any atom is -0.383 e. The van der Waals surface area contributed by atoms with Crippen molar-refractivity contribution in [3.05, 3.63) is 6.07 Å². The summed E-state index contributed by atoms with van der Waals surface area (Å²) in [7, 11) is 2.17. The summed E-state index contributed by atoms with van der Waals surface area (Å²) in [6, 6.07) is 1.82. The van der Waals surface area contributed by atoms with E-state index in [-0.39, 0.29) is 0 Å². The van der Waals surface area contributed by atoms with E-state index in [1.165, 1.54) is 25.8 Å². The van der Waals surface area contributed by atoms with Crippen molar-refractivity contribution >= 4 is 23.4 Å². The second kappa shape index (κ2) is 7.69. The average Bonchev–Trinajstić information content (AvgIpc) is 2.82. The van der Waals surface area contributed by atoms with Crippen LogP contribution in [0.15, 0.2) is 11.2 Å². The van der Waals surface area contributed by atoms with Gasteiger partial charge >= 0.3 is 0 Å². The van der Waals surface area contributed by atoms with Gasteiger partial charge in [0.1, 0.15) is 11.6 Å². The molecule has 0 aromatic carbocycles. The monoisotopic (exact) mass is 295 g/mol. The molecule has 3 N–H and O–H groups in total. The van der Waals surface area contributed by atoms with E-state index in [9.17, 15) is 0 Å². The number of hydrogen-bond acceptors (Lipinski definition) is 6. The lowest BCUT2D eigenvalue weighted by Crippen LogP contribution is -2.19. The SMILES string of the molecule is CCCCSc1nc(N)cc(NC[C@H]2CCN(C)C2)n1. The minimum absolute atomic E-state index is 0.546. The van der Waals surface area contributed by atoms with Crippen LogP contribution in [0.1, 0.15) is 26.2 Å². The lowest BCUT2D eigenvalue weighted by atomic mass is 10.1. The Labute approximate surface area is 125 Å². The third-order valence-electron chi connectivity index (χ3n) is 3.52. The lowest BCUT2D eigenvalue weighted by molar-refractivity contribution is 0.399. The molecule has 1 aliphatic heterocycles. The van der Waals surface area contributed by atoms with E-state index in [2.05, 4.69) is 34.2 Å². The van der Waals surface area contributed by atoms with Gasteiger partial charge in [-0.15, -0.1) is 0 Å². The first-order chi connectivity index (χ1) is 9.67. The number of aromatic nitrogens is 2. The molecule has 6 heteroatoms. The van der Waals surface area contributed by atoms with Crippen LogP contribution in [0.4, 0.5) is 11.6 Å². The first-order valence-corrected chi connectivity index (χ1v) is 8.35. The number of anilines is 2. The number of nitrogens with zero attached hydrogens (tertiary/aromatic N) is 3. The Morgan fingerprint density at radius 3 is 3.05 bits per heavy atom. The maximum Gasteiger partial charge on any atom is 0.191 e. The Kier molecular flexibility index (Phi) is 5.91. The van der Waals surface area contributed by atoms with Crippen LogP contribution in [0.25, 0.3) is 0 Å². The lowest BCUT2D eigenvalue weighted by Gasteiger charge is -2.13. The number of nitrogens with two attached hydrogens (primary N) is 1. The highest BCUT2D eigenvalue weighted by molar-refractivity contribution is 7.99. The highest BCUT2D eigenvalue weighted by Gasteiger charge is 2.19. The van der Waals surface area contributed by atoms with Gasteiger partial charge in [-0.3, -0.25) is 0 Å². The maximum absolute atomic E-state index is 5.86. The Bertz CT molecular complexity index is 426. The predicted molar refractivity (Wildman–Crippen MR) is 86.2 cm³/mol. The van der Waals surface area contributed by atoms with Crippen molar-refractivity contribution in [1.82, 2.24) is 14.9 Å². The molecule has 5 nitrogen and oxygen atoms in total. The number of thioether (sulfide) groups is 1. The van der Waals surface area contributed by atoms with Gasteiger partial charge in [0.15, 0.2) is 5.16 Å². The van der Waals surface area contributed by atoms with Gasteiger partial charge in [0.2, 0.25) is 0 Å². The fourth-order valence-corrected chi connectivity index (χ4v) is 3.30. The van der Waals surface area contributed by atoms with Crippen LogP contribution in [-0.2, 0) is 0 Å². The second-order valence-corrected chi connectivity index (χ2v) is 6.52. The smallest absolute Gasteiger partial charge is 0.191 e. The van der Waals surface area contributed by atoms with Crippen LogP contribution in [0.5, 0.6) is 0 Å². The summed E-state index contributed by atoms with van der Waals surface area (Å²) in [6.45, 7) is 5.49. The molecular formula is C14H25N5S. The minimum atomic E-state index is 0.546. The third kappa shape index (κ3) is 4.83. The molecule has 0 radical (unpaired) electrons. The zero-order chi connectivity index (χ0) is 14.4. The molecule has 0 amide bonds. The van der Waals surface area contributed by atoms with E-state index in [0.717, 1.165) is 29.8 Å².